The quantitative estimate of drug-likeness (QED) is 0.344. The molecule has 11 nitrogen and oxygen atoms in total. The molecule has 0 unspecified atom stereocenters. The number of aliphatic hydroxyl groups excluding tert-OH is 2. The van der Waals surface area contributed by atoms with Gasteiger partial charge in [0.05, 0.1) is 42.5 Å². The van der Waals surface area contributed by atoms with Crippen LogP contribution in [-0.2, 0) is 42.7 Å². The molecular formula is C29H38O11. The molecule has 6 fully saturated rings. The summed E-state index contributed by atoms with van der Waals surface area (Å²) in [5.41, 5.74) is -3.54. The molecule has 5 heterocycles. The van der Waals surface area contributed by atoms with Crippen LogP contribution in [0.1, 0.15) is 47.0 Å². The summed E-state index contributed by atoms with van der Waals surface area (Å²) in [4.78, 5) is 26.4. The van der Waals surface area contributed by atoms with Crippen molar-refractivity contribution in [3.05, 3.63) is 24.3 Å². The van der Waals surface area contributed by atoms with E-state index < -0.39 is 64.5 Å². The molecule has 7 rings (SSSR count). The highest BCUT2D eigenvalue weighted by atomic mass is 16.7. The molecule has 2 bridgehead atoms. The smallest absolute Gasteiger partial charge is 0.338 e. The lowest BCUT2D eigenvalue weighted by molar-refractivity contribution is -0.251. The van der Waals surface area contributed by atoms with Gasteiger partial charge in [0.1, 0.15) is 42.2 Å². The zero-order chi connectivity index (χ0) is 28.3. The summed E-state index contributed by atoms with van der Waals surface area (Å²) < 4.78 is 42.6. The van der Waals surface area contributed by atoms with Crippen LogP contribution in [0.4, 0.5) is 0 Å². The second-order valence-electron chi connectivity index (χ2n) is 13.2. The van der Waals surface area contributed by atoms with Gasteiger partial charge >= 0.3 is 11.9 Å². The molecule has 2 spiro atoms. The lowest BCUT2D eigenvalue weighted by Gasteiger charge is -2.58. The van der Waals surface area contributed by atoms with Crippen LogP contribution < -0.4 is 0 Å². The van der Waals surface area contributed by atoms with Crippen LogP contribution in [0.2, 0.25) is 0 Å². The van der Waals surface area contributed by atoms with Crippen molar-refractivity contribution in [1.82, 2.24) is 0 Å². The van der Waals surface area contributed by atoms with Crippen molar-refractivity contribution in [2.45, 2.75) is 113 Å². The van der Waals surface area contributed by atoms with Crippen LogP contribution in [0.5, 0.6) is 0 Å². The Balaban J connectivity index is 1.25. The van der Waals surface area contributed by atoms with Gasteiger partial charge in [-0.05, 0) is 33.6 Å². The molecule has 11 heteroatoms. The summed E-state index contributed by atoms with van der Waals surface area (Å²) in [6.07, 6.45) is 2.83. The Hall–Kier alpha value is -1.86. The molecule has 2 N–H and O–H groups in total. The maximum atomic E-state index is 13.4. The molecule has 0 aromatic rings. The number of epoxide rings is 3. The minimum Gasteiger partial charge on any atom is -0.463 e. The van der Waals surface area contributed by atoms with E-state index in [-0.39, 0.29) is 37.1 Å². The van der Waals surface area contributed by atoms with Crippen LogP contribution in [0.15, 0.2) is 24.3 Å². The first-order valence-electron chi connectivity index (χ1n) is 14.3. The second kappa shape index (κ2) is 8.59. The number of cyclic esters (lactones) is 1. The van der Waals surface area contributed by atoms with Gasteiger partial charge in [-0.3, -0.25) is 0 Å². The highest BCUT2D eigenvalue weighted by molar-refractivity contribution is 5.82. The van der Waals surface area contributed by atoms with Gasteiger partial charge in [0.15, 0.2) is 6.10 Å². The summed E-state index contributed by atoms with van der Waals surface area (Å²) in [6.45, 7) is 7.67. The van der Waals surface area contributed by atoms with Gasteiger partial charge in [-0.2, -0.15) is 0 Å². The Labute approximate surface area is 232 Å². The van der Waals surface area contributed by atoms with E-state index in [1.165, 1.54) is 12.2 Å². The molecule has 220 valence electrons. The Bertz CT molecular complexity index is 1160. The van der Waals surface area contributed by atoms with Gasteiger partial charge in [0.2, 0.25) is 0 Å². The first-order valence-corrected chi connectivity index (χ1v) is 14.3. The van der Waals surface area contributed by atoms with Crippen molar-refractivity contribution >= 4 is 11.9 Å². The number of aliphatic hydroxyl groups is 2. The lowest BCUT2D eigenvalue weighted by Crippen LogP contribution is -2.69. The van der Waals surface area contributed by atoms with E-state index in [2.05, 4.69) is 13.8 Å². The Morgan fingerprint density at radius 3 is 2.52 bits per heavy atom. The average molecular weight is 563 g/mol. The van der Waals surface area contributed by atoms with Crippen LogP contribution in [0.25, 0.3) is 0 Å². The zero-order valence-corrected chi connectivity index (χ0v) is 23.2. The number of esters is 2. The monoisotopic (exact) mass is 562 g/mol. The predicted octanol–water partition coefficient (Wildman–Crippen LogP) is 0.736. The molecule has 5 aliphatic heterocycles. The highest BCUT2D eigenvalue weighted by Gasteiger charge is 2.86. The number of carbonyl (C=O) groups is 2. The normalized spacial score (nSPS) is 57.2. The largest absolute Gasteiger partial charge is 0.463 e. The van der Waals surface area contributed by atoms with Crippen LogP contribution in [0, 0.1) is 10.8 Å². The summed E-state index contributed by atoms with van der Waals surface area (Å²) in [5, 5.41) is 20.9. The summed E-state index contributed by atoms with van der Waals surface area (Å²) in [6, 6.07) is 0. The Morgan fingerprint density at radius 2 is 1.80 bits per heavy atom. The second-order valence-corrected chi connectivity index (χ2v) is 13.2. The summed E-state index contributed by atoms with van der Waals surface area (Å²) >= 11 is 0. The molecule has 7 aliphatic rings. The fourth-order valence-electron chi connectivity index (χ4n) is 8.09. The van der Waals surface area contributed by atoms with E-state index in [9.17, 15) is 19.8 Å². The summed E-state index contributed by atoms with van der Waals surface area (Å²) in [7, 11) is 0. The fourth-order valence-corrected chi connectivity index (χ4v) is 8.09. The third kappa shape index (κ3) is 3.55. The molecule has 0 amide bonds. The van der Waals surface area contributed by atoms with Gasteiger partial charge in [-0.25, -0.2) is 9.59 Å². The van der Waals surface area contributed by atoms with Crippen LogP contribution >= 0.6 is 0 Å². The molecule has 40 heavy (non-hydrogen) atoms. The predicted molar refractivity (Wildman–Crippen MR) is 135 cm³/mol. The van der Waals surface area contributed by atoms with Crippen molar-refractivity contribution in [3.63, 3.8) is 0 Å². The maximum Gasteiger partial charge on any atom is 0.338 e. The number of allylic oxidation sites excluding steroid dienone is 2. The third-order valence-corrected chi connectivity index (χ3v) is 11.1. The molecule has 13 atom stereocenters. The van der Waals surface area contributed by atoms with Gasteiger partial charge in [-0.1, -0.05) is 25.2 Å². The number of carbonyl (C=O) groups excluding carboxylic acids is 2. The number of ether oxygens (including phenoxy) is 7. The highest BCUT2D eigenvalue weighted by Crippen LogP contribution is 2.75. The van der Waals surface area contributed by atoms with E-state index in [1.54, 1.807) is 26.0 Å². The van der Waals surface area contributed by atoms with E-state index in [0.717, 1.165) is 6.42 Å². The van der Waals surface area contributed by atoms with Crippen molar-refractivity contribution in [2.75, 3.05) is 19.8 Å². The molecule has 4 saturated heterocycles. The minimum atomic E-state index is -1.18. The minimum absolute atomic E-state index is 0.0139. The third-order valence-electron chi connectivity index (χ3n) is 11.1. The first kappa shape index (κ1) is 27.0. The molecule has 0 aromatic carbocycles. The average Bonchev–Trinajstić information content (AvgIpc) is 3.81. The van der Waals surface area contributed by atoms with E-state index in [1.807, 2.05) is 0 Å². The van der Waals surface area contributed by atoms with Crippen molar-refractivity contribution in [3.8, 4) is 0 Å². The summed E-state index contributed by atoms with van der Waals surface area (Å²) in [5.74, 6) is -1.10. The molecule has 2 aliphatic carbocycles. The van der Waals surface area contributed by atoms with Gasteiger partial charge < -0.3 is 43.4 Å². The van der Waals surface area contributed by atoms with Crippen LogP contribution in [0.3, 0.4) is 0 Å². The zero-order valence-electron chi connectivity index (χ0n) is 23.2. The van der Waals surface area contributed by atoms with E-state index in [4.69, 9.17) is 33.2 Å². The molecule has 0 aromatic heterocycles. The molecule has 0 radical (unpaired) electrons. The standard InChI is InChI=1S/C29H38O11/c1-15(30)16-7-5-6-8-20(32)37-18-11-19-29(14-36-29)27(18,4)28(10-9-25(2)21(39-25)22(28)38-19)13-35-24(33)23-26(3,40-23)17(31)12-34-16/h5-8,15-19,21-23,30-31H,9-14H2,1-4H3/b7-5+,8-6-/t15-,16-,17+,18-,19-,21+,22-,23-,25-,26+,27-,28-,29+/m1/s1. The number of fused-ring (bicyclic) bond motifs is 3. The van der Waals surface area contributed by atoms with Gasteiger partial charge in [0, 0.05) is 17.9 Å². The number of hydrogen-bond donors (Lipinski definition) is 2. The van der Waals surface area contributed by atoms with Gasteiger partial charge in [0.25, 0.3) is 0 Å². The number of rotatable bonds is 1. The fraction of sp³-hybridized carbons (Fsp3) is 0.793. The Kier molecular flexibility index (Phi) is 5.80. The van der Waals surface area contributed by atoms with Crippen LogP contribution in [-0.4, -0.2) is 108 Å². The number of hydrogen-bond acceptors (Lipinski definition) is 11. The van der Waals surface area contributed by atoms with Crippen molar-refractivity contribution < 1.29 is 53.0 Å². The SMILES string of the molecule is C[C@@H](O)[C@H]1/C=C/C=C\C(=O)O[C@@H]2C[C@H]3O[C@@H]4[C@@H]5O[C@]5(C)CC[C@]4(COC(=O)[C@H]4O[C@@]4(C)[C@@H](O)CO1)[C@]2(C)[C@]31CO1. The maximum absolute atomic E-state index is 13.4. The Morgan fingerprint density at radius 1 is 1.02 bits per heavy atom. The topological polar surface area (TPSA) is 149 Å². The molecular weight excluding hydrogens is 524 g/mol. The van der Waals surface area contributed by atoms with Crippen molar-refractivity contribution in [2.24, 2.45) is 10.8 Å². The van der Waals surface area contributed by atoms with E-state index >= 15 is 0 Å². The van der Waals surface area contributed by atoms with E-state index in [0.29, 0.717) is 19.4 Å². The van der Waals surface area contributed by atoms with Gasteiger partial charge in [-0.15, -0.1) is 0 Å². The first-order chi connectivity index (χ1) is 18.9. The van der Waals surface area contributed by atoms with Crippen molar-refractivity contribution in [1.29, 1.82) is 0 Å². The lowest BCUT2D eigenvalue weighted by atomic mass is 9.50. The molecule has 2 saturated carbocycles.